The van der Waals surface area contributed by atoms with E-state index in [1.54, 1.807) is 0 Å². The van der Waals surface area contributed by atoms with Crippen molar-refractivity contribution in [2.24, 2.45) is 0 Å². The van der Waals surface area contributed by atoms with Crippen molar-refractivity contribution in [3.63, 3.8) is 0 Å². The van der Waals surface area contributed by atoms with Crippen LogP contribution in [0, 0.1) is 0 Å². The van der Waals surface area contributed by atoms with E-state index in [-0.39, 0.29) is 31.1 Å². The van der Waals surface area contributed by atoms with E-state index in [2.05, 4.69) is 45.1 Å². The zero-order valence-corrected chi connectivity index (χ0v) is 47.3. The first-order valence-corrected chi connectivity index (χ1v) is 31.3. The summed E-state index contributed by atoms with van der Waals surface area (Å²) in [7, 11) is 0. The Hall–Kier alpha value is -2.11. The van der Waals surface area contributed by atoms with E-state index in [1.807, 2.05) is 0 Å². The first-order chi connectivity index (χ1) is 34.5. The summed E-state index contributed by atoms with van der Waals surface area (Å²) in [6, 6.07) is 0. The molecule has 0 fully saturated rings. The fraction of sp³-hybridized carbons (Fsp3) is 0.891. The van der Waals surface area contributed by atoms with Gasteiger partial charge in [-0.05, 0) is 51.4 Å². The molecule has 0 aliphatic heterocycles. The van der Waals surface area contributed by atoms with Crippen molar-refractivity contribution in [2.75, 3.05) is 13.2 Å². The molecular weight excluding hydrogens is 865 g/mol. The highest BCUT2D eigenvalue weighted by Crippen LogP contribution is 2.18. The third-order valence-corrected chi connectivity index (χ3v) is 14.2. The van der Waals surface area contributed by atoms with Crippen molar-refractivity contribution in [1.82, 2.24) is 0 Å². The SMILES string of the molecule is CCCCCC/C=C\C/C=C\CCCCCCCCCC(=O)OC(COC(=O)CCCCCCCCCCC)COC(=O)CCCCCCCCCCCCCCCCCCCCCCCCCCC. The Bertz CT molecular complexity index is 1130. The van der Waals surface area contributed by atoms with Gasteiger partial charge >= 0.3 is 17.9 Å². The Morgan fingerprint density at radius 1 is 0.286 bits per heavy atom. The molecule has 0 aromatic heterocycles. The molecule has 0 heterocycles. The molecule has 0 saturated carbocycles. The number of ether oxygens (including phenoxy) is 3. The average molecular weight is 986 g/mol. The summed E-state index contributed by atoms with van der Waals surface area (Å²) in [5.41, 5.74) is 0. The summed E-state index contributed by atoms with van der Waals surface area (Å²) in [5.74, 6) is -0.857. The lowest BCUT2D eigenvalue weighted by molar-refractivity contribution is -0.167. The van der Waals surface area contributed by atoms with E-state index in [4.69, 9.17) is 14.2 Å². The van der Waals surface area contributed by atoms with Crippen LogP contribution in [0.2, 0.25) is 0 Å². The van der Waals surface area contributed by atoms with E-state index in [1.165, 1.54) is 238 Å². The van der Waals surface area contributed by atoms with Crippen molar-refractivity contribution in [3.05, 3.63) is 24.3 Å². The summed E-state index contributed by atoms with van der Waals surface area (Å²) in [6.45, 7) is 6.66. The van der Waals surface area contributed by atoms with Crippen LogP contribution in [0.4, 0.5) is 0 Å². The lowest BCUT2D eigenvalue weighted by Gasteiger charge is -2.18. The topological polar surface area (TPSA) is 78.9 Å². The van der Waals surface area contributed by atoms with Gasteiger partial charge in [-0.15, -0.1) is 0 Å². The maximum atomic E-state index is 12.9. The second-order valence-corrected chi connectivity index (χ2v) is 21.3. The normalized spacial score (nSPS) is 12.1. The number of carbonyl (C=O) groups is 3. The average Bonchev–Trinajstić information content (AvgIpc) is 3.36. The number of allylic oxidation sites excluding steroid dienone is 4. The van der Waals surface area contributed by atoms with Crippen molar-refractivity contribution in [3.8, 4) is 0 Å². The zero-order valence-electron chi connectivity index (χ0n) is 47.3. The molecule has 0 aliphatic carbocycles. The second kappa shape index (κ2) is 59.5. The van der Waals surface area contributed by atoms with Crippen molar-refractivity contribution >= 4 is 17.9 Å². The van der Waals surface area contributed by atoms with Crippen LogP contribution in [-0.2, 0) is 28.6 Å². The van der Waals surface area contributed by atoms with Gasteiger partial charge in [0, 0.05) is 19.3 Å². The maximum absolute atomic E-state index is 12.9. The van der Waals surface area contributed by atoms with Gasteiger partial charge in [-0.1, -0.05) is 302 Å². The summed E-state index contributed by atoms with van der Waals surface area (Å²) >= 11 is 0. The van der Waals surface area contributed by atoms with E-state index < -0.39 is 6.10 Å². The molecule has 0 rings (SSSR count). The molecule has 0 N–H and O–H groups in total. The van der Waals surface area contributed by atoms with Crippen LogP contribution < -0.4 is 0 Å². The van der Waals surface area contributed by atoms with Crippen molar-refractivity contribution < 1.29 is 28.6 Å². The van der Waals surface area contributed by atoms with Crippen molar-refractivity contribution in [1.29, 1.82) is 0 Å². The van der Waals surface area contributed by atoms with E-state index in [9.17, 15) is 14.4 Å². The van der Waals surface area contributed by atoms with Gasteiger partial charge in [0.2, 0.25) is 0 Å². The largest absolute Gasteiger partial charge is 0.462 e. The Labute approximate surface area is 436 Å². The third-order valence-electron chi connectivity index (χ3n) is 14.2. The predicted molar refractivity (Wildman–Crippen MR) is 303 cm³/mol. The molecule has 1 atom stereocenters. The highest BCUT2D eigenvalue weighted by molar-refractivity contribution is 5.71. The molecule has 0 aromatic carbocycles. The molecule has 412 valence electrons. The van der Waals surface area contributed by atoms with Crippen molar-refractivity contribution in [2.45, 2.75) is 354 Å². The predicted octanol–water partition coefficient (Wildman–Crippen LogP) is 21.1. The van der Waals surface area contributed by atoms with Crippen LogP contribution in [0.15, 0.2) is 24.3 Å². The van der Waals surface area contributed by atoms with Crippen LogP contribution in [0.1, 0.15) is 348 Å². The Morgan fingerprint density at radius 3 is 0.800 bits per heavy atom. The van der Waals surface area contributed by atoms with Crippen LogP contribution in [0.3, 0.4) is 0 Å². The summed E-state index contributed by atoms with van der Waals surface area (Å²) < 4.78 is 16.9. The summed E-state index contributed by atoms with van der Waals surface area (Å²) in [6.07, 6.45) is 70.5. The molecule has 0 aliphatic rings. The Balaban J connectivity index is 4.15. The fourth-order valence-corrected chi connectivity index (χ4v) is 9.48. The molecular formula is C64H120O6. The Kier molecular flexibility index (Phi) is 57.7. The molecule has 0 amide bonds. The molecule has 0 aromatic rings. The van der Waals surface area contributed by atoms with Gasteiger partial charge in [0.1, 0.15) is 13.2 Å². The standard InChI is InChI=1S/C64H120O6/c1-4-7-10-13-16-19-21-23-25-27-29-30-31-32-33-34-35-37-38-40-42-45-48-51-54-57-63(66)69-60-61(59-68-62(65)56-53-50-47-44-18-15-12-9-6-3)70-64(67)58-55-52-49-46-43-41-39-36-28-26-24-22-20-17-14-11-8-5-2/h20,22,26,28,61H,4-19,21,23-25,27,29-60H2,1-3H3/b22-20-,28-26-. The first kappa shape index (κ1) is 67.9. The molecule has 0 saturated heterocycles. The zero-order chi connectivity index (χ0) is 50.7. The minimum atomic E-state index is -0.770. The van der Waals surface area contributed by atoms with E-state index in [0.29, 0.717) is 19.3 Å². The number of unbranched alkanes of at least 4 members (excludes halogenated alkanes) is 43. The Morgan fingerprint density at radius 2 is 0.514 bits per heavy atom. The second-order valence-electron chi connectivity index (χ2n) is 21.3. The molecule has 6 heteroatoms. The monoisotopic (exact) mass is 985 g/mol. The van der Waals surface area contributed by atoms with Gasteiger partial charge in [0.05, 0.1) is 0 Å². The van der Waals surface area contributed by atoms with Gasteiger partial charge in [0.25, 0.3) is 0 Å². The highest BCUT2D eigenvalue weighted by Gasteiger charge is 2.19. The summed E-state index contributed by atoms with van der Waals surface area (Å²) in [4.78, 5) is 38.1. The molecule has 0 spiro atoms. The maximum Gasteiger partial charge on any atom is 0.306 e. The summed E-state index contributed by atoms with van der Waals surface area (Å²) in [5, 5.41) is 0. The number of rotatable bonds is 58. The molecule has 70 heavy (non-hydrogen) atoms. The van der Waals surface area contributed by atoms with Crippen LogP contribution >= 0.6 is 0 Å². The molecule has 0 bridgehead atoms. The first-order valence-electron chi connectivity index (χ1n) is 31.3. The number of esters is 3. The van der Waals surface area contributed by atoms with Gasteiger partial charge in [-0.25, -0.2) is 0 Å². The number of carbonyl (C=O) groups excluding carboxylic acids is 3. The van der Waals surface area contributed by atoms with Gasteiger partial charge in [0.15, 0.2) is 6.10 Å². The third kappa shape index (κ3) is 56.8. The fourth-order valence-electron chi connectivity index (χ4n) is 9.48. The van der Waals surface area contributed by atoms with E-state index in [0.717, 1.165) is 70.6 Å². The lowest BCUT2D eigenvalue weighted by Crippen LogP contribution is -2.30. The number of hydrogen-bond acceptors (Lipinski definition) is 6. The van der Waals surface area contributed by atoms with Gasteiger partial charge in [-0.3, -0.25) is 14.4 Å². The molecule has 6 nitrogen and oxygen atoms in total. The van der Waals surface area contributed by atoms with Gasteiger partial charge in [-0.2, -0.15) is 0 Å². The molecule has 0 radical (unpaired) electrons. The quantitative estimate of drug-likeness (QED) is 0.0261. The van der Waals surface area contributed by atoms with E-state index >= 15 is 0 Å². The minimum absolute atomic E-state index is 0.0691. The lowest BCUT2D eigenvalue weighted by atomic mass is 10.0. The van der Waals surface area contributed by atoms with Crippen LogP contribution in [0.5, 0.6) is 0 Å². The smallest absolute Gasteiger partial charge is 0.306 e. The number of hydrogen-bond donors (Lipinski definition) is 0. The molecule has 1 unspecified atom stereocenters. The van der Waals surface area contributed by atoms with Crippen LogP contribution in [0.25, 0.3) is 0 Å². The van der Waals surface area contributed by atoms with Gasteiger partial charge < -0.3 is 14.2 Å². The van der Waals surface area contributed by atoms with Crippen LogP contribution in [-0.4, -0.2) is 37.2 Å². The minimum Gasteiger partial charge on any atom is -0.462 e. The highest BCUT2D eigenvalue weighted by atomic mass is 16.6.